The molecule has 0 aliphatic rings. The molecule has 0 radical (unpaired) electrons. The number of para-hydroxylation sites is 1. The Morgan fingerprint density at radius 3 is 2.66 bits per heavy atom. The van der Waals surface area contributed by atoms with Gasteiger partial charge in [0.2, 0.25) is 0 Å². The average molecular weight is 500 g/mol. The van der Waals surface area contributed by atoms with E-state index in [2.05, 4.69) is 15.9 Å². The van der Waals surface area contributed by atoms with E-state index in [1.165, 1.54) is 0 Å². The second-order valence-corrected chi connectivity index (χ2v) is 8.64. The molecule has 0 saturated carbocycles. The normalized spacial score (nSPS) is 12.1. The van der Waals surface area contributed by atoms with Crippen LogP contribution in [0.3, 0.4) is 0 Å². The van der Waals surface area contributed by atoms with Gasteiger partial charge in [-0.2, -0.15) is 0 Å². The third-order valence-corrected chi connectivity index (χ3v) is 5.97. The summed E-state index contributed by atoms with van der Waals surface area (Å²) in [5.74, 6) is 0.554. The highest BCUT2D eigenvalue weighted by molar-refractivity contribution is 9.10. The maximum atomic E-state index is 13.6. The summed E-state index contributed by atoms with van der Waals surface area (Å²) in [6.45, 7) is 5.67. The van der Waals surface area contributed by atoms with Crippen LogP contribution in [0.15, 0.2) is 57.8 Å². The van der Waals surface area contributed by atoms with Crippen LogP contribution < -0.4 is 5.56 Å². The van der Waals surface area contributed by atoms with E-state index in [0.717, 1.165) is 10.9 Å². The first-order valence-corrected chi connectivity index (χ1v) is 11.9. The number of carbonyl (C=O) groups is 1. The maximum absolute atomic E-state index is 13.6. The molecule has 0 aliphatic carbocycles. The lowest BCUT2D eigenvalue weighted by atomic mass is 10.1. The topological polar surface area (TPSA) is 64.4 Å². The van der Waals surface area contributed by atoms with Crippen LogP contribution in [0.2, 0.25) is 0 Å². The highest BCUT2D eigenvalue weighted by atomic mass is 79.9. The van der Waals surface area contributed by atoms with E-state index >= 15 is 0 Å². The van der Waals surface area contributed by atoms with Gasteiger partial charge in [0.1, 0.15) is 5.82 Å². The molecule has 0 bridgehead atoms. The van der Waals surface area contributed by atoms with Crippen molar-refractivity contribution >= 4 is 32.7 Å². The molecule has 1 unspecified atom stereocenters. The van der Waals surface area contributed by atoms with E-state index in [4.69, 9.17) is 9.72 Å². The molecule has 1 amide bonds. The van der Waals surface area contributed by atoms with E-state index in [1.54, 1.807) is 11.7 Å². The van der Waals surface area contributed by atoms with Crippen LogP contribution in [0.4, 0.5) is 0 Å². The Morgan fingerprint density at radius 1 is 1.19 bits per heavy atom. The summed E-state index contributed by atoms with van der Waals surface area (Å²) in [6, 6.07) is 14.5. The molecule has 6 nitrogen and oxygen atoms in total. The van der Waals surface area contributed by atoms with Crippen LogP contribution in [-0.4, -0.2) is 40.6 Å². The largest absolute Gasteiger partial charge is 0.385 e. The molecule has 32 heavy (non-hydrogen) atoms. The van der Waals surface area contributed by atoms with Gasteiger partial charge in [0, 0.05) is 36.8 Å². The van der Waals surface area contributed by atoms with Crippen molar-refractivity contribution in [2.45, 2.75) is 45.7 Å². The van der Waals surface area contributed by atoms with Crippen molar-refractivity contribution in [1.82, 2.24) is 14.5 Å². The summed E-state index contributed by atoms with van der Waals surface area (Å²) in [4.78, 5) is 33.7. The number of methoxy groups -OCH3 is 1. The first-order chi connectivity index (χ1) is 15.5. The summed E-state index contributed by atoms with van der Waals surface area (Å²) in [5, 5.41) is 0.601. The van der Waals surface area contributed by atoms with E-state index in [9.17, 15) is 9.59 Å². The number of amides is 1. The molecule has 2 aromatic carbocycles. The van der Waals surface area contributed by atoms with E-state index in [1.807, 2.05) is 67.3 Å². The molecule has 170 valence electrons. The predicted octanol–water partition coefficient (Wildman–Crippen LogP) is 5.20. The van der Waals surface area contributed by atoms with Gasteiger partial charge < -0.3 is 9.64 Å². The summed E-state index contributed by atoms with van der Waals surface area (Å²) >= 11 is 3.46. The quantitative estimate of drug-likeness (QED) is 0.359. The Kier molecular flexibility index (Phi) is 8.59. The van der Waals surface area contributed by atoms with Crippen LogP contribution in [0.25, 0.3) is 10.9 Å². The lowest BCUT2D eigenvalue weighted by molar-refractivity contribution is 0.0631. The SMILES string of the molecule is CCCn1c(C(CC)N(CCCOC)C(=O)c2cccc(Br)c2)nc2ccccc2c1=O. The number of benzene rings is 2. The van der Waals surface area contributed by atoms with E-state index in [0.29, 0.717) is 54.8 Å². The second-order valence-electron chi connectivity index (χ2n) is 7.72. The number of hydrogen-bond acceptors (Lipinski definition) is 4. The molecular weight excluding hydrogens is 470 g/mol. The third-order valence-electron chi connectivity index (χ3n) is 5.48. The van der Waals surface area contributed by atoms with Gasteiger partial charge in [-0.05, 0) is 49.6 Å². The highest BCUT2D eigenvalue weighted by Gasteiger charge is 2.29. The summed E-state index contributed by atoms with van der Waals surface area (Å²) in [7, 11) is 1.65. The fourth-order valence-corrected chi connectivity index (χ4v) is 4.39. The minimum atomic E-state index is -0.331. The standard InChI is InChI=1S/C25H30BrN3O3/c1-4-14-29-23(27-21-13-7-6-12-20(21)25(29)31)22(5-2)28(15-9-16-32-3)24(30)18-10-8-11-19(26)17-18/h6-8,10-13,17,22H,4-5,9,14-16H2,1-3H3. The van der Waals surface area contributed by atoms with Crippen LogP contribution in [0.5, 0.6) is 0 Å². The third kappa shape index (κ3) is 5.27. The lowest BCUT2D eigenvalue weighted by Crippen LogP contribution is -2.39. The van der Waals surface area contributed by atoms with Gasteiger partial charge in [0.25, 0.3) is 11.5 Å². The summed E-state index contributed by atoms with van der Waals surface area (Å²) in [5.41, 5.74) is 1.20. The smallest absolute Gasteiger partial charge is 0.261 e. The number of halogens is 1. The van der Waals surface area contributed by atoms with Gasteiger partial charge >= 0.3 is 0 Å². The predicted molar refractivity (Wildman–Crippen MR) is 131 cm³/mol. The van der Waals surface area contributed by atoms with Crippen molar-refractivity contribution in [2.24, 2.45) is 0 Å². The Hall–Kier alpha value is -2.51. The maximum Gasteiger partial charge on any atom is 0.261 e. The van der Waals surface area contributed by atoms with Crippen LogP contribution in [0.1, 0.15) is 55.3 Å². The lowest BCUT2D eigenvalue weighted by Gasteiger charge is -2.32. The Labute approximate surface area is 197 Å². The Bertz CT molecular complexity index is 1130. The number of rotatable bonds is 10. The van der Waals surface area contributed by atoms with Crippen molar-refractivity contribution in [1.29, 1.82) is 0 Å². The molecule has 1 heterocycles. The number of nitrogens with zero attached hydrogens (tertiary/aromatic N) is 3. The van der Waals surface area contributed by atoms with Gasteiger partial charge in [-0.3, -0.25) is 14.2 Å². The monoisotopic (exact) mass is 499 g/mol. The van der Waals surface area contributed by atoms with Crippen molar-refractivity contribution in [2.75, 3.05) is 20.3 Å². The molecule has 0 N–H and O–H groups in total. The number of ether oxygens (including phenoxy) is 1. The van der Waals surface area contributed by atoms with Crippen LogP contribution in [-0.2, 0) is 11.3 Å². The number of hydrogen-bond donors (Lipinski definition) is 0. The molecule has 0 aliphatic heterocycles. The number of aromatic nitrogens is 2. The molecule has 1 atom stereocenters. The van der Waals surface area contributed by atoms with Crippen molar-refractivity contribution in [3.63, 3.8) is 0 Å². The summed E-state index contributed by atoms with van der Waals surface area (Å²) < 4.78 is 7.83. The zero-order valence-corrected chi connectivity index (χ0v) is 20.5. The minimum absolute atomic E-state index is 0.0577. The molecule has 3 rings (SSSR count). The second kappa shape index (κ2) is 11.4. The highest BCUT2D eigenvalue weighted by Crippen LogP contribution is 2.27. The molecule has 7 heteroatoms. The fraction of sp³-hybridized carbons (Fsp3) is 0.400. The molecule has 0 fully saturated rings. The number of fused-ring (bicyclic) bond motifs is 1. The average Bonchev–Trinajstić information content (AvgIpc) is 2.80. The van der Waals surface area contributed by atoms with Gasteiger partial charge in [0.15, 0.2) is 0 Å². The van der Waals surface area contributed by atoms with E-state index < -0.39 is 0 Å². The molecule has 1 aromatic heterocycles. The van der Waals surface area contributed by atoms with Crippen LogP contribution in [0, 0.1) is 0 Å². The minimum Gasteiger partial charge on any atom is -0.385 e. The van der Waals surface area contributed by atoms with Crippen molar-refractivity contribution in [3.05, 3.63) is 74.7 Å². The molecule has 3 aromatic rings. The van der Waals surface area contributed by atoms with E-state index in [-0.39, 0.29) is 17.5 Å². The van der Waals surface area contributed by atoms with Gasteiger partial charge in [-0.25, -0.2) is 4.98 Å². The van der Waals surface area contributed by atoms with Crippen LogP contribution >= 0.6 is 15.9 Å². The Balaban J connectivity index is 2.14. The Morgan fingerprint density at radius 2 is 1.97 bits per heavy atom. The van der Waals surface area contributed by atoms with Gasteiger partial charge in [0.05, 0.1) is 16.9 Å². The fourth-order valence-electron chi connectivity index (χ4n) is 3.99. The zero-order chi connectivity index (χ0) is 23.1. The molecule has 0 spiro atoms. The van der Waals surface area contributed by atoms with Gasteiger partial charge in [-0.1, -0.05) is 48.0 Å². The number of carbonyl (C=O) groups excluding carboxylic acids is 1. The summed E-state index contributed by atoms with van der Waals surface area (Å²) in [6.07, 6.45) is 2.13. The van der Waals surface area contributed by atoms with Crippen molar-refractivity contribution < 1.29 is 9.53 Å². The van der Waals surface area contributed by atoms with Gasteiger partial charge in [-0.15, -0.1) is 0 Å². The zero-order valence-electron chi connectivity index (χ0n) is 18.9. The first-order valence-electron chi connectivity index (χ1n) is 11.1. The van der Waals surface area contributed by atoms with Crippen molar-refractivity contribution in [3.8, 4) is 0 Å². The first kappa shape index (κ1) is 24.1. The molecule has 0 saturated heterocycles. The molecular formula is C25H30BrN3O3.